The summed E-state index contributed by atoms with van der Waals surface area (Å²) in [5, 5.41) is 0. The fraction of sp³-hybridized carbons (Fsp3) is 0.625. The van der Waals surface area contributed by atoms with E-state index in [1.54, 1.807) is 13.3 Å². The van der Waals surface area contributed by atoms with Crippen molar-refractivity contribution in [2.75, 3.05) is 7.05 Å². The van der Waals surface area contributed by atoms with E-state index in [0.29, 0.717) is 12.3 Å². The summed E-state index contributed by atoms with van der Waals surface area (Å²) in [4.78, 5) is 18.5. The summed E-state index contributed by atoms with van der Waals surface area (Å²) in [6.45, 7) is 3.52. The lowest BCUT2D eigenvalue weighted by atomic mass is 10.3. The van der Waals surface area contributed by atoms with E-state index < -0.39 is 0 Å². The molecule has 0 atom stereocenters. The zero-order valence-corrected chi connectivity index (χ0v) is 7.29. The number of hydrogen-bond acceptors (Lipinski definition) is 2. The molecule has 0 aromatic carbocycles. The van der Waals surface area contributed by atoms with Crippen LogP contribution in [0.5, 0.6) is 0 Å². The minimum absolute atomic E-state index is 0.0962. The summed E-state index contributed by atoms with van der Waals surface area (Å²) >= 11 is 0. The molecule has 0 aromatic heterocycles. The van der Waals surface area contributed by atoms with Gasteiger partial charge >= 0.3 is 0 Å². The summed E-state index contributed by atoms with van der Waals surface area (Å²) in [5.41, 5.74) is 0. The lowest BCUT2D eigenvalue weighted by Gasteiger charge is -1.93. The molecule has 0 aliphatic rings. The number of amidine groups is 1. The molecule has 0 saturated carbocycles. The van der Waals surface area contributed by atoms with Crippen LogP contribution in [0.25, 0.3) is 0 Å². The standard InChI is InChI=1S/C8H14N2O/c1-4-5-10-8(9-3)6-7(2)11/h5H,4,6H2,1-3H3. The Morgan fingerprint density at radius 3 is 2.55 bits per heavy atom. The smallest absolute Gasteiger partial charge is 0.137 e. The number of hydrogen-bond donors (Lipinski definition) is 0. The number of Topliss-reactive ketones (excluding diaryl/α,β-unsaturated/α-hetero) is 1. The highest BCUT2D eigenvalue weighted by Gasteiger charge is 1.97. The lowest BCUT2D eigenvalue weighted by Crippen LogP contribution is -2.01. The first-order chi connectivity index (χ1) is 5.20. The van der Waals surface area contributed by atoms with Crippen LogP contribution in [0, 0.1) is 0 Å². The van der Waals surface area contributed by atoms with Crippen molar-refractivity contribution in [1.29, 1.82) is 0 Å². The summed E-state index contributed by atoms with van der Waals surface area (Å²) in [5.74, 6) is 0.707. The number of carbonyl (C=O) groups is 1. The molecule has 0 aromatic rings. The number of nitrogens with zero attached hydrogens (tertiary/aromatic N) is 2. The highest BCUT2D eigenvalue weighted by atomic mass is 16.1. The molecular formula is C8H14N2O. The van der Waals surface area contributed by atoms with Crippen molar-refractivity contribution >= 4 is 17.8 Å². The van der Waals surface area contributed by atoms with Crippen LogP contribution in [-0.4, -0.2) is 24.9 Å². The van der Waals surface area contributed by atoms with Crippen LogP contribution >= 0.6 is 0 Å². The van der Waals surface area contributed by atoms with Crippen LogP contribution < -0.4 is 0 Å². The normalized spacial score (nSPS) is 12.5. The first-order valence-corrected chi connectivity index (χ1v) is 3.68. The van der Waals surface area contributed by atoms with Crippen LogP contribution in [0.3, 0.4) is 0 Å². The maximum atomic E-state index is 10.6. The Kier molecular flexibility index (Phi) is 5.25. The second-order valence-corrected chi connectivity index (χ2v) is 2.24. The second-order valence-electron chi connectivity index (χ2n) is 2.24. The van der Waals surface area contributed by atoms with Crippen molar-refractivity contribution in [2.24, 2.45) is 9.98 Å². The minimum atomic E-state index is 0.0962. The molecular weight excluding hydrogens is 140 g/mol. The molecule has 0 radical (unpaired) electrons. The molecule has 0 unspecified atom stereocenters. The fourth-order valence-corrected chi connectivity index (χ4v) is 0.602. The van der Waals surface area contributed by atoms with Crippen molar-refractivity contribution in [2.45, 2.75) is 26.7 Å². The molecule has 0 amide bonds. The Balaban J connectivity index is 3.98. The minimum Gasteiger partial charge on any atom is -0.300 e. The van der Waals surface area contributed by atoms with Crippen LogP contribution in [0.2, 0.25) is 0 Å². The summed E-state index contributed by atoms with van der Waals surface area (Å²) in [7, 11) is 1.64. The van der Waals surface area contributed by atoms with Crippen molar-refractivity contribution in [3.63, 3.8) is 0 Å². The van der Waals surface area contributed by atoms with Gasteiger partial charge in [-0.05, 0) is 13.3 Å². The Morgan fingerprint density at radius 2 is 2.18 bits per heavy atom. The Labute approximate surface area is 67.2 Å². The SMILES string of the molecule is CCC=NC(CC(C)=O)=NC. The van der Waals surface area contributed by atoms with Gasteiger partial charge in [-0.15, -0.1) is 0 Å². The molecule has 0 heterocycles. The van der Waals surface area contributed by atoms with Gasteiger partial charge in [-0.3, -0.25) is 9.79 Å². The van der Waals surface area contributed by atoms with Gasteiger partial charge in [0.2, 0.25) is 0 Å². The van der Waals surface area contributed by atoms with Gasteiger partial charge in [-0.1, -0.05) is 6.92 Å². The van der Waals surface area contributed by atoms with Gasteiger partial charge in [0.05, 0.1) is 6.42 Å². The molecule has 0 fully saturated rings. The predicted octanol–water partition coefficient (Wildman–Crippen LogP) is 1.47. The summed E-state index contributed by atoms with van der Waals surface area (Å²) in [6.07, 6.45) is 2.97. The third kappa shape index (κ3) is 5.45. The third-order valence-electron chi connectivity index (χ3n) is 1.09. The van der Waals surface area contributed by atoms with E-state index in [4.69, 9.17) is 0 Å². The zero-order chi connectivity index (χ0) is 8.69. The van der Waals surface area contributed by atoms with Crippen molar-refractivity contribution in [3.05, 3.63) is 0 Å². The summed E-state index contributed by atoms with van der Waals surface area (Å²) < 4.78 is 0. The Bertz CT molecular complexity index is 183. The zero-order valence-electron chi connectivity index (χ0n) is 7.29. The monoisotopic (exact) mass is 154 g/mol. The third-order valence-corrected chi connectivity index (χ3v) is 1.09. The van der Waals surface area contributed by atoms with Gasteiger partial charge in [0.25, 0.3) is 0 Å². The largest absolute Gasteiger partial charge is 0.300 e. The van der Waals surface area contributed by atoms with Gasteiger partial charge in [0.1, 0.15) is 11.6 Å². The molecule has 0 aliphatic carbocycles. The molecule has 0 spiro atoms. The Hall–Kier alpha value is -0.990. The van der Waals surface area contributed by atoms with Gasteiger partial charge < -0.3 is 0 Å². The average molecular weight is 154 g/mol. The van der Waals surface area contributed by atoms with Crippen LogP contribution in [0.15, 0.2) is 9.98 Å². The number of carbonyl (C=O) groups excluding carboxylic acids is 1. The fourth-order valence-electron chi connectivity index (χ4n) is 0.602. The molecule has 62 valence electrons. The highest BCUT2D eigenvalue weighted by Crippen LogP contribution is 1.89. The Morgan fingerprint density at radius 1 is 1.55 bits per heavy atom. The molecule has 11 heavy (non-hydrogen) atoms. The summed E-state index contributed by atoms with van der Waals surface area (Å²) in [6, 6.07) is 0. The van der Waals surface area contributed by atoms with E-state index in [2.05, 4.69) is 9.98 Å². The first kappa shape index (κ1) is 10.0. The molecule has 0 bridgehead atoms. The van der Waals surface area contributed by atoms with Gasteiger partial charge in [-0.25, -0.2) is 4.99 Å². The highest BCUT2D eigenvalue weighted by molar-refractivity contribution is 6.02. The predicted molar refractivity (Wildman–Crippen MR) is 47.4 cm³/mol. The topological polar surface area (TPSA) is 41.8 Å². The van der Waals surface area contributed by atoms with E-state index in [-0.39, 0.29) is 5.78 Å². The second kappa shape index (κ2) is 5.77. The quantitative estimate of drug-likeness (QED) is 0.448. The molecule has 3 nitrogen and oxygen atoms in total. The lowest BCUT2D eigenvalue weighted by molar-refractivity contribution is -0.115. The van der Waals surface area contributed by atoms with Gasteiger partial charge in [0.15, 0.2) is 0 Å². The molecule has 0 aliphatic heterocycles. The molecule has 0 N–H and O–H groups in total. The molecule has 0 saturated heterocycles. The van der Waals surface area contributed by atoms with E-state index in [9.17, 15) is 4.79 Å². The number of ketones is 1. The molecule has 0 rings (SSSR count). The van der Waals surface area contributed by atoms with Crippen molar-refractivity contribution < 1.29 is 4.79 Å². The van der Waals surface area contributed by atoms with Crippen molar-refractivity contribution in [1.82, 2.24) is 0 Å². The first-order valence-electron chi connectivity index (χ1n) is 3.68. The van der Waals surface area contributed by atoms with E-state index in [0.717, 1.165) is 6.42 Å². The van der Waals surface area contributed by atoms with E-state index >= 15 is 0 Å². The number of rotatable bonds is 3. The maximum Gasteiger partial charge on any atom is 0.137 e. The van der Waals surface area contributed by atoms with Crippen LogP contribution in [-0.2, 0) is 4.79 Å². The van der Waals surface area contributed by atoms with Crippen LogP contribution in [0.4, 0.5) is 0 Å². The van der Waals surface area contributed by atoms with Gasteiger partial charge in [-0.2, -0.15) is 0 Å². The maximum absolute atomic E-state index is 10.6. The van der Waals surface area contributed by atoms with Crippen LogP contribution in [0.1, 0.15) is 26.7 Å². The van der Waals surface area contributed by atoms with Crippen molar-refractivity contribution in [3.8, 4) is 0 Å². The van der Waals surface area contributed by atoms with E-state index in [1.165, 1.54) is 6.92 Å². The molecule has 3 heteroatoms. The van der Waals surface area contributed by atoms with Gasteiger partial charge in [0, 0.05) is 13.3 Å². The average Bonchev–Trinajstić information content (AvgIpc) is 1.97. The van der Waals surface area contributed by atoms with E-state index in [1.807, 2.05) is 6.92 Å². The number of aliphatic imine (C=N–C) groups is 2.